The number of benzene rings is 1. The van der Waals surface area contributed by atoms with E-state index in [1.807, 2.05) is 61.9 Å². The molecule has 0 atom stereocenters. The Balaban J connectivity index is 1.44. The standard InChI is InChI=1S/C25H27ClN6O3/c1-25(2,3)35-24(33)28-11-13-32-12-9-20-22(32)23(30-16-29-20)31-17-7-8-21(19(26)14-17)34-15-18-6-4-5-10-27-18/h4-10,12,14,16H,11,13,15H2,1-3H3,(H,28,33)(H,29,30,31). The van der Waals surface area contributed by atoms with E-state index >= 15 is 0 Å². The first-order valence-corrected chi connectivity index (χ1v) is 11.5. The number of hydrogen-bond donors (Lipinski definition) is 2. The van der Waals surface area contributed by atoms with Crippen LogP contribution in [0.25, 0.3) is 11.0 Å². The Morgan fingerprint density at radius 2 is 1.97 bits per heavy atom. The summed E-state index contributed by atoms with van der Waals surface area (Å²) < 4.78 is 13.1. The molecule has 0 bridgehead atoms. The molecule has 10 heteroatoms. The van der Waals surface area contributed by atoms with E-state index in [9.17, 15) is 4.79 Å². The van der Waals surface area contributed by atoms with Gasteiger partial charge in [-0.1, -0.05) is 17.7 Å². The Bertz CT molecular complexity index is 1300. The van der Waals surface area contributed by atoms with E-state index in [0.717, 1.165) is 22.4 Å². The number of pyridine rings is 1. The summed E-state index contributed by atoms with van der Waals surface area (Å²) in [5.41, 5.74) is 2.61. The van der Waals surface area contributed by atoms with Gasteiger partial charge >= 0.3 is 6.09 Å². The predicted molar refractivity (Wildman–Crippen MR) is 135 cm³/mol. The first-order chi connectivity index (χ1) is 16.8. The number of rotatable bonds is 8. The summed E-state index contributed by atoms with van der Waals surface area (Å²) >= 11 is 6.46. The third-order valence-corrected chi connectivity index (χ3v) is 5.16. The molecule has 0 spiro atoms. The molecule has 9 nitrogen and oxygen atoms in total. The van der Waals surface area contributed by atoms with Gasteiger partial charge in [0, 0.05) is 31.2 Å². The highest BCUT2D eigenvalue weighted by Crippen LogP contribution is 2.31. The van der Waals surface area contributed by atoms with Crippen molar-refractivity contribution in [3.05, 3.63) is 71.9 Å². The third-order valence-electron chi connectivity index (χ3n) is 4.87. The van der Waals surface area contributed by atoms with Gasteiger partial charge in [-0.25, -0.2) is 14.8 Å². The van der Waals surface area contributed by atoms with Gasteiger partial charge in [0.1, 0.15) is 29.8 Å². The van der Waals surface area contributed by atoms with E-state index in [0.29, 0.717) is 36.3 Å². The molecule has 2 N–H and O–H groups in total. The van der Waals surface area contributed by atoms with E-state index in [1.165, 1.54) is 6.33 Å². The number of anilines is 2. The molecule has 0 saturated carbocycles. The molecule has 1 amide bonds. The van der Waals surface area contributed by atoms with Gasteiger partial charge in [-0.05, 0) is 57.2 Å². The van der Waals surface area contributed by atoms with Gasteiger partial charge in [0.05, 0.1) is 16.2 Å². The molecule has 182 valence electrons. The lowest BCUT2D eigenvalue weighted by Crippen LogP contribution is -2.34. The smallest absolute Gasteiger partial charge is 0.407 e. The van der Waals surface area contributed by atoms with E-state index in [1.54, 1.807) is 18.3 Å². The van der Waals surface area contributed by atoms with Gasteiger partial charge < -0.3 is 24.7 Å². The van der Waals surface area contributed by atoms with Crippen molar-refractivity contribution < 1.29 is 14.3 Å². The number of ether oxygens (including phenoxy) is 2. The van der Waals surface area contributed by atoms with Crippen molar-refractivity contribution in [1.82, 2.24) is 24.8 Å². The maximum Gasteiger partial charge on any atom is 0.407 e. The highest BCUT2D eigenvalue weighted by molar-refractivity contribution is 6.32. The Kier molecular flexibility index (Phi) is 7.36. The van der Waals surface area contributed by atoms with Crippen molar-refractivity contribution in [2.24, 2.45) is 0 Å². The quantitative estimate of drug-likeness (QED) is 0.341. The highest BCUT2D eigenvalue weighted by Gasteiger charge is 2.16. The molecule has 0 aliphatic rings. The van der Waals surface area contributed by atoms with Crippen LogP contribution in [-0.2, 0) is 17.9 Å². The number of carbonyl (C=O) groups is 1. The largest absolute Gasteiger partial charge is 0.486 e. The zero-order valence-corrected chi connectivity index (χ0v) is 20.5. The average molecular weight is 495 g/mol. The van der Waals surface area contributed by atoms with Crippen molar-refractivity contribution in [1.29, 1.82) is 0 Å². The Morgan fingerprint density at radius 3 is 2.71 bits per heavy atom. The minimum atomic E-state index is -0.546. The maximum atomic E-state index is 11.9. The van der Waals surface area contributed by atoms with Crippen LogP contribution in [0.2, 0.25) is 5.02 Å². The van der Waals surface area contributed by atoms with Crippen LogP contribution in [0, 0.1) is 0 Å². The SMILES string of the molecule is CC(C)(C)OC(=O)NCCn1ccc2ncnc(Nc3ccc(OCc4ccccn4)c(Cl)c3)c21. The van der Waals surface area contributed by atoms with Crippen LogP contribution in [0.4, 0.5) is 16.3 Å². The van der Waals surface area contributed by atoms with Crippen molar-refractivity contribution in [3.8, 4) is 5.75 Å². The molecule has 0 radical (unpaired) electrons. The number of amides is 1. The Labute approximate surface area is 208 Å². The van der Waals surface area contributed by atoms with Gasteiger partial charge in [-0.15, -0.1) is 0 Å². The van der Waals surface area contributed by atoms with Crippen LogP contribution in [0.5, 0.6) is 5.75 Å². The second kappa shape index (κ2) is 10.6. The summed E-state index contributed by atoms with van der Waals surface area (Å²) in [4.78, 5) is 24.9. The van der Waals surface area contributed by atoms with Crippen LogP contribution in [0.1, 0.15) is 26.5 Å². The molecule has 1 aromatic carbocycles. The zero-order chi connectivity index (χ0) is 24.8. The molecule has 3 aromatic heterocycles. The molecule has 4 aromatic rings. The van der Waals surface area contributed by atoms with Gasteiger partial charge in [0.25, 0.3) is 0 Å². The molecule has 0 fully saturated rings. The lowest BCUT2D eigenvalue weighted by molar-refractivity contribution is 0.0526. The number of halogens is 1. The molecule has 3 heterocycles. The van der Waals surface area contributed by atoms with E-state index in [4.69, 9.17) is 21.1 Å². The second-order valence-corrected chi connectivity index (χ2v) is 9.18. The highest BCUT2D eigenvalue weighted by atomic mass is 35.5. The van der Waals surface area contributed by atoms with Crippen LogP contribution in [0.15, 0.2) is 61.2 Å². The third kappa shape index (κ3) is 6.60. The molecular formula is C25H27ClN6O3. The Morgan fingerprint density at radius 1 is 1.11 bits per heavy atom. The van der Waals surface area contributed by atoms with Crippen LogP contribution in [0.3, 0.4) is 0 Å². The number of nitrogens with one attached hydrogen (secondary N) is 2. The molecular weight excluding hydrogens is 468 g/mol. The second-order valence-electron chi connectivity index (χ2n) is 8.77. The Hall–Kier alpha value is -3.85. The van der Waals surface area contributed by atoms with E-state index in [-0.39, 0.29) is 0 Å². The summed E-state index contributed by atoms with van der Waals surface area (Å²) in [6, 6.07) is 13.0. The lowest BCUT2D eigenvalue weighted by atomic mass is 10.2. The number of alkyl carbamates (subject to hydrolysis) is 1. The number of carbonyl (C=O) groups excluding carboxylic acids is 1. The zero-order valence-electron chi connectivity index (χ0n) is 19.8. The molecule has 0 unspecified atom stereocenters. The van der Waals surface area contributed by atoms with Crippen molar-refractivity contribution in [3.63, 3.8) is 0 Å². The monoisotopic (exact) mass is 494 g/mol. The van der Waals surface area contributed by atoms with Gasteiger partial charge in [-0.3, -0.25) is 4.98 Å². The molecule has 0 aliphatic heterocycles. The summed E-state index contributed by atoms with van der Waals surface area (Å²) in [5.74, 6) is 1.18. The summed E-state index contributed by atoms with van der Waals surface area (Å²) in [7, 11) is 0. The maximum absolute atomic E-state index is 11.9. The van der Waals surface area contributed by atoms with Gasteiger partial charge in [-0.2, -0.15) is 0 Å². The average Bonchev–Trinajstić information content (AvgIpc) is 3.22. The number of aromatic nitrogens is 4. The fourth-order valence-corrected chi connectivity index (χ4v) is 3.61. The van der Waals surface area contributed by atoms with Crippen molar-refractivity contribution in [2.45, 2.75) is 39.5 Å². The normalized spacial score (nSPS) is 11.3. The molecule has 0 saturated heterocycles. The van der Waals surface area contributed by atoms with Crippen LogP contribution >= 0.6 is 11.6 Å². The summed E-state index contributed by atoms with van der Waals surface area (Å²) in [5, 5.41) is 6.54. The molecule has 35 heavy (non-hydrogen) atoms. The van der Waals surface area contributed by atoms with Crippen molar-refractivity contribution in [2.75, 3.05) is 11.9 Å². The topological polar surface area (TPSA) is 103 Å². The predicted octanol–water partition coefficient (Wildman–Crippen LogP) is 5.33. The van der Waals surface area contributed by atoms with Crippen LogP contribution < -0.4 is 15.4 Å². The van der Waals surface area contributed by atoms with Crippen LogP contribution in [-0.4, -0.2) is 37.8 Å². The lowest BCUT2D eigenvalue weighted by Gasteiger charge is -2.19. The fourth-order valence-electron chi connectivity index (χ4n) is 3.37. The van der Waals surface area contributed by atoms with E-state index in [2.05, 4.69) is 25.6 Å². The fraction of sp³-hybridized carbons (Fsp3) is 0.280. The van der Waals surface area contributed by atoms with Gasteiger partial charge in [0.15, 0.2) is 5.82 Å². The summed E-state index contributed by atoms with van der Waals surface area (Å²) in [6.07, 6.45) is 4.67. The summed E-state index contributed by atoms with van der Waals surface area (Å²) in [6.45, 7) is 6.71. The number of hydrogen-bond acceptors (Lipinski definition) is 7. The molecule has 0 aliphatic carbocycles. The van der Waals surface area contributed by atoms with Gasteiger partial charge in [0.2, 0.25) is 0 Å². The molecule has 4 rings (SSSR count). The van der Waals surface area contributed by atoms with Crippen molar-refractivity contribution >= 4 is 40.2 Å². The first kappa shape index (κ1) is 24.3. The number of fused-ring (bicyclic) bond motifs is 1. The van der Waals surface area contributed by atoms with E-state index < -0.39 is 11.7 Å². The minimum absolute atomic E-state index is 0.324. The first-order valence-electron chi connectivity index (χ1n) is 11.1. The number of nitrogens with zero attached hydrogens (tertiary/aromatic N) is 4. The minimum Gasteiger partial charge on any atom is -0.486 e.